The predicted octanol–water partition coefficient (Wildman–Crippen LogP) is 1.66. The number of carbonyl (C=O) groups is 1. The minimum Gasteiger partial charge on any atom is -0.298 e. The third-order valence-electron chi connectivity index (χ3n) is 2.00. The van der Waals surface area contributed by atoms with Crippen LogP contribution in [0.2, 0.25) is 0 Å². The van der Waals surface area contributed by atoms with Crippen molar-refractivity contribution in [2.45, 2.75) is 6.92 Å². The van der Waals surface area contributed by atoms with Crippen LogP contribution in [-0.2, 0) is 0 Å². The normalized spacial score (nSPS) is 9.93. The molecule has 2 aromatic heterocycles. The molecule has 0 spiro atoms. The maximum atomic E-state index is 10.4. The molecule has 0 saturated carbocycles. The van der Waals surface area contributed by atoms with Crippen molar-refractivity contribution in [2.24, 2.45) is 0 Å². The van der Waals surface area contributed by atoms with Crippen molar-refractivity contribution in [3.63, 3.8) is 0 Å². The van der Waals surface area contributed by atoms with Gasteiger partial charge in [-0.2, -0.15) is 0 Å². The van der Waals surface area contributed by atoms with E-state index >= 15 is 0 Å². The molecule has 15 heavy (non-hydrogen) atoms. The zero-order chi connectivity index (χ0) is 10.7. The molecule has 0 aromatic carbocycles. The Bertz CT molecular complexity index is 462. The zero-order valence-corrected chi connectivity index (χ0v) is 8.21. The number of nitrogens with zero attached hydrogens (tertiary/aromatic N) is 3. The van der Waals surface area contributed by atoms with Gasteiger partial charge in [-0.15, -0.1) is 0 Å². The van der Waals surface area contributed by atoms with Gasteiger partial charge in [0, 0.05) is 29.7 Å². The molecule has 74 valence electrons. The second-order valence-corrected chi connectivity index (χ2v) is 3.11. The van der Waals surface area contributed by atoms with Gasteiger partial charge in [-0.3, -0.25) is 9.78 Å². The number of aromatic nitrogens is 3. The maximum Gasteiger partial charge on any atom is 0.151 e. The molecule has 0 aliphatic rings. The maximum absolute atomic E-state index is 10.4. The fraction of sp³-hybridized carbons (Fsp3) is 0.0909. The molecule has 2 aromatic rings. The number of hydrogen-bond donors (Lipinski definition) is 0. The van der Waals surface area contributed by atoms with Gasteiger partial charge in [0.1, 0.15) is 5.82 Å². The molecule has 4 nitrogen and oxygen atoms in total. The van der Waals surface area contributed by atoms with E-state index in [1.165, 1.54) is 6.20 Å². The molecule has 0 N–H and O–H groups in total. The summed E-state index contributed by atoms with van der Waals surface area (Å²) in [6.07, 6.45) is 5.72. The van der Waals surface area contributed by atoms with Crippen LogP contribution in [0.1, 0.15) is 16.2 Å². The summed E-state index contributed by atoms with van der Waals surface area (Å²) in [7, 11) is 0. The average molecular weight is 199 g/mol. The van der Waals surface area contributed by atoms with Crippen LogP contribution in [0.5, 0.6) is 0 Å². The van der Waals surface area contributed by atoms with E-state index in [1.807, 2.05) is 6.92 Å². The fourth-order valence-electron chi connectivity index (χ4n) is 1.17. The molecule has 0 saturated heterocycles. The van der Waals surface area contributed by atoms with E-state index in [1.54, 1.807) is 24.5 Å². The lowest BCUT2D eigenvalue weighted by atomic mass is 10.2. The summed E-state index contributed by atoms with van der Waals surface area (Å²) < 4.78 is 0. The number of aldehydes is 1. The van der Waals surface area contributed by atoms with Crippen molar-refractivity contribution in [3.05, 3.63) is 42.1 Å². The summed E-state index contributed by atoms with van der Waals surface area (Å²) in [6.45, 7) is 1.83. The third kappa shape index (κ3) is 2.04. The van der Waals surface area contributed by atoms with Crippen molar-refractivity contribution in [3.8, 4) is 11.3 Å². The van der Waals surface area contributed by atoms with Gasteiger partial charge in [0.25, 0.3) is 0 Å². The average Bonchev–Trinajstić information content (AvgIpc) is 2.30. The SMILES string of the molecule is Cc1ncc(-c2ccc(C=O)cn2)cn1. The van der Waals surface area contributed by atoms with E-state index in [2.05, 4.69) is 15.0 Å². The van der Waals surface area contributed by atoms with Crippen LogP contribution < -0.4 is 0 Å². The Labute approximate surface area is 87.0 Å². The molecular weight excluding hydrogens is 190 g/mol. The molecule has 0 bridgehead atoms. The molecule has 0 aliphatic carbocycles. The highest BCUT2D eigenvalue weighted by Gasteiger charge is 2.00. The van der Waals surface area contributed by atoms with Crippen LogP contribution >= 0.6 is 0 Å². The van der Waals surface area contributed by atoms with Gasteiger partial charge in [0.2, 0.25) is 0 Å². The lowest BCUT2D eigenvalue weighted by Crippen LogP contribution is -1.90. The first-order chi connectivity index (χ1) is 7.29. The fourth-order valence-corrected chi connectivity index (χ4v) is 1.17. The van der Waals surface area contributed by atoms with Gasteiger partial charge < -0.3 is 0 Å². The standard InChI is InChI=1S/C11H9N3O/c1-8-12-5-10(6-13-8)11-3-2-9(7-15)4-14-11/h2-7H,1H3. The number of hydrogen-bond acceptors (Lipinski definition) is 4. The Balaban J connectivity index is 2.37. The number of rotatable bonds is 2. The summed E-state index contributed by atoms with van der Waals surface area (Å²) in [5.41, 5.74) is 2.17. The van der Waals surface area contributed by atoms with Crippen LogP contribution in [0, 0.1) is 6.92 Å². The van der Waals surface area contributed by atoms with Gasteiger partial charge in [-0.1, -0.05) is 0 Å². The van der Waals surface area contributed by atoms with Crippen LogP contribution in [-0.4, -0.2) is 21.2 Å². The minimum absolute atomic E-state index is 0.562. The van der Waals surface area contributed by atoms with Crippen molar-refractivity contribution >= 4 is 6.29 Å². The summed E-state index contributed by atoms with van der Waals surface area (Å²) >= 11 is 0. The van der Waals surface area contributed by atoms with Crippen LogP contribution in [0.15, 0.2) is 30.7 Å². The van der Waals surface area contributed by atoms with Crippen molar-refractivity contribution in [1.82, 2.24) is 15.0 Å². The molecule has 0 aliphatic heterocycles. The highest BCUT2D eigenvalue weighted by atomic mass is 16.1. The molecule has 4 heteroatoms. The van der Waals surface area contributed by atoms with Gasteiger partial charge in [-0.05, 0) is 19.1 Å². The second kappa shape index (κ2) is 3.96. The molecule has 0 radical (unpaired) electrons. The molecule has 2 heterocycles. The summed E-state index contributed by atoms with van der Waals surface area (Å²) in [5, 5.41) is 0. The first-order valence-electron chi connectivity index (χ1n) is 4.50. The first kappa shape index (κ1) is 9.45. The second-order valence-electron chi connectivity index (χ2n) is 3.11. The van der Waals surface area contributed by atoms with Gasteiger partial charge in [-0.25, -0.2) is 9.97 Å². The predicted molar refractivity (Wildman–Crippen MR) is 55.4 cm³/mol. The van der Waals surface area contributed by atoms with E-state index < -0.39 is 0 Å². The number of pyridine rings is 1. The van der Waals surface area contributed by atoms with E-state index in [9.17, 15) is 4.79 Å². The Kier molecular flexibility index (Phi) is 2.49. The third-order valence-corrected chi connectivity index (χ3v) is 2.00. The minimum atomic E-state index is 0.562. The lowest BCUT2D eigenvalue weighted by molar-refractivity contribution is 0.112. The molecule has 0 atom stereocenters. The summed E-state index contributed by atoms with van der Waals surface area (Å²) in [5.74, 6) is 0.725. The van der Waals surface area contributed by atoms with Crippen LogP contribution in [0.3, 0.4) is 0 Å². The van der Waals surface area contributed by atoms with Crippen LogP contribution in [0.25, 0.3) is 11.3 Å². The quantitative estimate of drug-likeness (QED) is 0.690. The molecule has 2 rings (SSSR count). The van der Waals surface area contributed by atoms with Crippen molar-refractivity contribution < 1.29 is 4.79 Å². The summed E-state index contributed by atoms with van der Waals surface area (Å²) in [6, 6.07) is 3.49. The monoisotopic (exact) mass is 199 g/mol. The molecule has 0 unspecified atom stereocenters. The van der Waals surface area contributed by atoms with Crippen molar-refractivity contribution in [2.75, 3.05) is 0 Å². The largest absolute Gasteiger partial charge is 0.298 e. The Morgan fingerprint density at radius 1 is 1.07 bits per heavy atom. The van der Waals surface area contributed by atoms with Gasteiger partial charge in [0.15, 0.2) is 6.29 Å². The topological polar surface area (TPSA) is 55.7 Å². The molecular formula is C11H9N3O. The van der Waals surface area contributed by atoms with E-state index in [0.717, 1.165) is 23.4 Å². The van der Waals surface area contributed by atoms with Gasteiger partial charge >= 0.3 is 0 Å². The molecule has 0 amide bonds. The number of carbonyl (C=O) groups excluding carboxylic acids is 1. The smallest absolute Gasteiger partial charge is 0.151 e. The van der Waals surface area contributed by atoms with Crippen LogP contribution in [0.4, 0.5) is 0 Å². The number of aryl methyl sites for hydroxylation is 1. The Morgan fingerprint density at radius 3 is 2.33 bits per heavy atom. The lowest BCUT2D eigenvalue weighted by Gasteiger charge is -1.99. The summed E-state index contributed by atoms with van der Waals surface area (Å²) in [4.78, 5) is 22.7. The molecule has 0 fully saturated rings. The van der Waals surface area contributed by atoms with E-state index in [0.29, 0.717) is 5.56 Å². The van der Waals surface area contributed by atoms with E-state index in [-0.39, 0.29) is 0 Å². The highest BCUT2D eigenvalue weighted by Crippen LogP contribution is 2.14. The Hall–Kier alpha value is -2.10. The van der Waals surface area contributed by atoms with Gasteiger partial charge in [0.05, 0.1) is 5.69 Å². The zero-order valence-electron chi connectivity index (χ0n) is 8.21. The van der Waals surface area contributed by atoms with Crippen molar-refractivity contribution in [1.29, 1.82) is 0 Å². The van der Waals surface area contributed by atoms with E-state index in [4.69, 9.17) is 0 Å². The highest BCUT2D eigenvalue weighted by molar-refractivity contribution is 5.75. The Morgan fingerprint density at radius 2 is 1.80 bits per heavy atom. The first-order valence-corrected chi connectivity index (χ1v) is 4.50.